The predicted molar refractivity (Wildman–Crippen MR) is 86.4 cm³/mol. The van der Waals surface area contributed by atoms with E-state index in [4.69, 9.17) is 0 Å². The molecular formula is C16H9BrO3S. The summed E-state index contributed by atoms with van der Waals surface area (Å²) in [6.07, 6.45) is 0. The maximum Gasteiger partial charge on any atom is 0.336 e. The van der Waals surface area contributed by atoms with E-state index in [-0.39, 0.29) is 16.9 Å². The highest BCUT2D eigenvalue weighted by Crippen LogP contribution is 2.30. The summed E-state index contributed by atoms with van der Waals surface area (Å²) in [7, 11) is 0. The number of aromatic carboxylic acids is 1. The van der Waals surface area contributed by atoms with Gasteiger partial charge in [-0.15, -0.1) is 11.3 Å². The third-order valence-corrected chi connectivity index (χ3v) is 4.71. The third-order valence-electron chi connectivity index (χ3n) is 3.10. The molecule has 0 aliphatic heterocycles. The Kier molecular flexibility index (Phi) is 3.61. The van der Waals surface area contributed by atoms with Gasteiger partial charge in [0.05, 0.1) is 10.4 Å². The summed E-state index contributed by atoms with van der Waals surface area (Å²) in [6, 6.07) is 13.9. The van der Waals surface area contributed by atoms with Crippen LogP contribution in [0.4, 0.5) is 0 Å². The number of carbonyl (C=O) groups is 2. The van der Waals surface area contributed by atoms with Crippen LogP contribution in [-0.4, -0.2) is 16.9 Å². The van der Waals surface area contributed by atoms with Gasteiger partial charge in [0.15, 0.2) is 0 Å². The normalized spacial score (nSPS) is 10.7. The van der Waals surface area contributed by atoms with Crippen LogP contribution in [0.2, 0.25) is 0 Å². The topological polar surface area (TPSA) is 54.4 Å². The minimum absolute atomic E-state index is 0.0288. The van der Waals surface area contributed by atoms with Crippen LogP contribution >= 0.6 is 27.3 Å². The molecule has 21 heavy (non-hydrogen) atoms. The number of hydrogen-bond donors (Lipinski definition) is 1. The number of benzene rings is 2. The zero-order chi connectivity index (χ0) is 15.0. The van der Waals surface area contributed by atoms with Crippen LogP contribution < -0.4 is 0 Å². The van der Waals surface area contributed by atoms with Crippen LogP contribution in [0.3, 0.4) is 0 Å². The largest absolute Gasteiger partial charge is 0.478 e. The lowest BCUT2D eigenvalue weighted by Gasteiger charge is -2.02. The molecule has 5 heteroatoms. The molecule has 0 fully saturated rings. The highest BCUT2D eigenvalue weighted by atomic mass is 79.9. The lowest BCUT2D eigenvalue weighted by Crippen LogP contribution is -2.08. The second kappa shape index (κ2) is 5.42. The Morgan fingerprint density at radius 3 is 2.43 bits per heavy atom. The average Bonchev–Trinajstić information content (AvgIpc) is 2.89. The lowest BCUT2D eigenvalue weighted by atomic mass is 10.0. The first-order valence-electron chi connectivity index (χ1n) is 6.12. The molecule has 0 saturated carbocycles. The van der Waals surface area contributed by atoms with Gasteiger partial charge in [-0.05, 0) is 35.7 Å². The van der Waals surface area contributed by atoms with E-state index in [0.29, 0.717) is 4.88 Å². The number of carbonyl (C=O) groups excluding carboxylic acids is 1. The van der Waals surface area contributed by atoms with Crippen molar-refractivity contribution in [1.82, 2.24) is 0 Å². The first-order chi connectivity index (χ1) is 10.1. The number of rotatable bonds is 3. The highest BCUT2D eigenvalue weighted by molar-refractivity contribution is 9.10. The molecule has 1 heterocycles. The number of thiophene rings is 1. The molecule has 1 aromatic heterocycles. The molecule has 0 atom stereocenters. The van der Waals surface area contributed by atoms with Gasteiger partial charge in [0.2, 0.25) is 5.78 Å². The van der Waals surface area contributed by atoms with E-state index in [9.17, 15) is 14.7 Å². The van der Waals surface area contributed by atoms with Gasteiger partial charge in [-0.3, -0.25) is 4.79 Å². The maximum absolute atomic E-state index is 12.6. The van der Waals surface area contributed by atoms with Crippen molar-refractivity contribution in [2.75, 3.05) is 0 Å². The van der Waals surface area contributed by atoms with Crippen LogP contribution in [-0.2, 0) is 0 Å². The fourth-order valence-corrected chi connectivity index (χ4v) is 3.50. The number of halogens is 1. The predicted octanol–water partition coefficient (Wildman–Crippen LogP) is 4.59. The van der Waals surface area contributed by atoms with Crippen molar-refractivity contribution >= 4 is 49.1 Å². The molecule has 104 valence electrons. The van der Waals surface area contributed by atoms with E-state index >= 15 is 0 Å². The summed E-state index contributed by atoms with van der Waals surface area (Å²) in [5.41, 5.74) is 0.247. The Balaban J connectivity index is 2.10. The molecule has 0 spiro atoms. The molecule has 0 aliphatic rings. The molecule has 2 aromatic carbocycles. The standard InChI is InChI=1S/C16H9BrO3S/c17-10-5-6-13-9(7-10)8-14(21-13)15(18)11-3-1-2-4-12(11)16(19)20/h1-8H,(H,19,20). The SMILES string of the molecule is O=C(O)c1ccccc1C(=O)c1cc2cc(Br)ccc2s1. The van der Waals surface area contributed by atoms with Crippen LogP contribution in [0.1, 0.15) is 25.6 Å². The zero-order valence-electron chi connectivity index (χ0n) is 10.7. The van der Waals surface area contributed by atoms with Gasteiger partial charge >= 0.3 is 5.97 Å². The van der Waals surface area contributed by atoms with Crippen molar-refractivity contribution < 1.29 is 14.7 Å². The second-order valence-corrected chi connectivity index (χ2v) is 6.47. The molecule has 3 nitrogen and oxygen atoms in total. The Morgan fingerprint density at radius 1 is 1.00 bits per heavy atom. The number of ketones is 1. The fourth-order valence-electron chi connectivity index (χ4n) is 2.13. The molecule has 0 saturated heterocycles. The van der Waals surface area contributed by atoms with Gasteiger partial charge in [0.25, 0.3) is 0 Å². The van der Waals surface area contributed by atoms with E-state index in [1.807, 2.05) is 18.2 Å². The quantitative estimate of drug-likeness (QED) is 0.694. The molecule has 0 radical (unpaired) electrons. The smallest absolute Gasteiger partial charge is 0.336 e. The monoisotopic (exact) mass is 360 g/mol. The van der Waals surface area contributed by atoms with Crippen LogP contribution in [0.15, 0.2) is 53.0 Å². The fraction of sp³-hybridized carbons (Fsp3) is 0. The van der Waals surface area contributed by atoms with E-state index in [1.165, 1.54) is 17.4 Å². The molecule has 3 rings (SSSR count). The second-order valence-electron chi connectivity index (χ2n) is 4.47. The van der Waals surface area contributed by atoms with E-state index in [2.05, 4.69) is 15.9 Å². The molecule has 1 N–H and O–H groups in total. The van der Waals surface area contributed by atoms with Crippen LogP contribution in [0.5, 0.6) is 0 Å². The summed E-state index contributed by atoms with van der Waals surface area (Å²) < 4.78 is 1.94. The molecule has 0 amide bonds. The van der Waals surface area contributed by atoms with Crippen molar-refractivity contribution in [3.05, 3.63) is 69.0 Å². The number of fused-ring (bicyclic) bond motifs is 1. The summed E-state index contributed by atoms with van der Waals surface area (Å²) >= 11 is 4.76. The number of hydrogen-bond acceptors (Lipinski definition) is 3. The van der Waals surface area contributed by atoms with E-state index < -0.39 is 5.97 Å². The Morgan fingerprint density at radius 2 is 1.71 bits per heavy atom. The molecular weight excluding hydrogens is 352 g/mol. The van der Waals surface area contributed by atoms with Gasteiger partial charge in [-0.25, -0.2) is 4.79 Å². The average molecular weight is 361 g/mol. The maximum atomic E-state index is 12.6. The van der Waals surface area contributed by atoms with E-state index in [1.54, 1.807) is 24.3 Å². The van der Waals surface area contributed by atoms with Crippen molar-refractivity contribution in [3.63, 3.8) is 0 Å². The Labute approximate surface area is 133 Å². The third kappa shape index (κ3) is 2.62. The summed E-state index contributed by atoms with van der Waals surface area (Å²) in [5.74, 6) is -1.35. The number of carboxylic acid groups (broad SMARTS) is 1. The first-order valence-corrected chi connectivity index (χ1v) is 7.73. The Bertz CT molecular complexity index is 867. The summed E-state index contributed by atoms with van der Waals surface area (Å²) in [4.78, 5) is 24.3. The van der Waals surface area contributed by atoms with Gasteiger partial charge in [-0.1, -0.05) is 34.1 Å². The van der Waals surface area contributed by atoms with Gasteiger partial charge in [0, 0.05) is 14.7 Å². The summed E-state index contributed by atoms with van der Waals surface area (Å²) in [5, 5.41) is 10.1. The van der Waals surface area contributed by atoms with Crippen molar-refractivity contribution in [2.45, 2.75) is 0 Å². The van der Waals surface area contributed by atoms with Crippen molar-refractivity contribution in [2.24, 2.45) is 0 Å². The van der Waals surface area contributed by atoms with E-state index in [0.717, 1.165) is 14.6 Å². The van der Waals surface area contributed by atoms with Crippen LogP contribution in [0, 0.1) is 0 Å². The molecule has 0 aliphatic carbocycles. The van der Waals surface area contributed by atoms with Gasteiger partial charge in [0.1, 0.15) is 0 Å². The van der Waals surface area contributed by atoms with Crippen LogP contribution in [0.25, 0.3) is 10.1 Å². The van der Waals surface area contributed by atoms with Crippen molar-refractivity contribution in [1.29, 1.82) is 0 Å². The van der Waals surface area contributed by atoms with Gasteiger partial charge < -0.3 is 5.11 Å². The minimum Gasteiger partial charge on any atom is -0.478 e. The minimum atomic E-state index is -1.09. The van der Waals surface area contributed by atoms with Gasteiger partial charge in [-0.2, -0.15) is 0 Å². The number of carboxylic acids is 1. The highest BCUT2D eigenvalue weighted by Gasteiger charge is 2.19. The Hall–Kier alpha value is -1.98. The summed E-state index contributed by atoms with van der Waals surface area (Å²) in [6.45, 7) is 0. The van der Waals surface area contributed by atoms with Crippen molar-refractivity contribution in [3.8, 4) is 0 Å². The zero-order valence-corrected chi connectivity index (χ0v) is 13.1. The molecule has 3 aromatic rings. The molecule has 0 bridgehead atoms. The molecule has 0 unspecified atom stereocenters. The lowest BCUT2D eigenvalue weighted by molar-refractivity contribution is 0.0693. The first kappa shape index (κ1) is 14.0.